The van der Waals surface area contributed by atoms with Crippen molar-refractivity contribution in [3.05, 3.63) is 0 Å². The molecule has 1 N–H and O–H groups in total. The smallest absolute Gasteiger partial charge is 0.313 e. The Balaban J connectivity index is 1.87. The second-order valence-corrected chi connectivity index (χ2v) is 5.47. The van der Waals surface area contributed by atoms with E-state index in [0.29, 0.717) is 0 Å². The number of hydrogen-bond donors (Lipinski definition) is 1. The van der Waals surface area contributed by atoms with Gasteiger partial charge in [-0.05, 0) is 39.3 Å². The molecule has 0 radical (unpaired) electrons. The molecule has 0 saturated carbocycles. The van der Waals surface area contributed by atoms with E-state index >= 15 is 0 Å². The van der Waals surface area contributed by atoms with E-state index in [-0.39, 0.29) is 17.5 Å². The Morgan fingerprint density at radius 1 is 1.47 bits per heavy atom. The first kappa shape index (κ1) is 12.8. The second kappa shape index (κ2) is 5.36. The highest BCUT2D eigenvalue weighted by Gasteiger charge is 2.42. The zero-order valence-corrected chi connectivity index (χ0v) is 11.0. The van der Waals surface area contributed by atoms with Crippen LogP contribution >= 0.6 is 0 Å². The summed E-state index contributed by atoms with van der Waals surface area (Å²) >= 11 is 0. The summed E-state index contributed by atoms with van der Waals surface area (Å²) in [6.45, 7) is 5.89. The number of piperidine rings is 1. The fourth-order valence-electron chi connectivity index (χ4n) is 2.74. The third-order valence-corrected chi connectivity index (χ3v) is 4.29. The molecular formula is C13H24N2O2. The second-order valence-electron chi connectivity index (χ2n) is 5.47. The van der Waals surface area contributed by atoms with Crippen molar-refractivity contribution in [2.45, 2.75) is 38.7 Å². The molecule has 2 aliphatic heterocycles. The van der Waals surface area contributed by atoms with Crippen LogP contribution < -0.4 is 5.32 Å². The molecule has 0 aliphatic carbocycles. The SMILES string of the molecule is CCC1(C(=O)OC2CCN(C)CC2)CCNC1. The maximum atomic E-state index is 12.3. The van der Waals surface area contributed by atoms with Crippen molar-refractivity contribution in [2.75, 3.05) is 33.2 Å². The van der Waals surface area contributed by atoms with Crippen molar-refractivity contribution in [3.63, 3.8) is 0 Å². The molecule has 2 saturated heterocycles. The Hall–Kier alpha value is -0.610. The standard InChI is InChI=1S/C13H24N2O2/c1-3-13(6-7-14-10-13)12(16)17-11-4-8-15(2)9-5-11/h11,14H,3-10H2,1-2H3. The minimum Gasteiger partial charge on any atom is -0.462 e. The molecule has 4 nitrogen and oxygen atoms in total. The van der Waals surface area contributed by atoms with Crippen LogP contribution in [0.15, 0.2) is 0 Å². The zero-order chi connectivity index (χ0) is 12.3. The average molecular weight is 240 g/mol. The van der Waals surface area contributed by atoms with Crippen LogP contribution in [0.25, 0.3) is 0 Å². The number of carbonyl (C=O) groups excluding carboxylic acids is 1. The van der Waals surface area contributed by atoms with Gasteiger partial charge in [0.2, 0.25) is 0 Å². The first-order chi connectivity index (χ1) is 8.16. The molecule has 17 heavy (non-hydrogen) atoms. The van der Waals surface area contributed by atoms with Gasteiger partial charge < -0.3 is 15.0 Å². The monoisotopic (exact) mass is 240 g/mol. The molecule has 1 unspecified atom stereocenters. The van der Waals surface area contributed by atoms with Crippen LogP contribution in [0.5, 0.6) is 0 Å². The van der Waals surface area contributed by atoms with Gasteiger partial charge in [-0.3, -0.25) is 4.79 Å². The van der Waals surface area contributed by atoms with Gasteiger partial charge in [0.1, 0.15) is 6.10 Å². The molecule has 0 aromatic carbocycles. The number of nitrogens with zero attached hydrogens (tertiary/aromatic N) is 1. The van der Waals surface area contributed by atoms with Crippen LogP contribution in [0.2, 0.25) is 0 Å². The molecule has 2 rings (SSSR count). The van der Waals surface area contributed by atoms with Crippen LogP contribution in [-0.2, 0) is 9.53 Å². The third kappa shape index (κ3) is 2.80. The Labute approximate surface area is 104 Å². The van der Waals surface area contributed by atoms with Crippen LogP contribution in [0.4, 0.5) is 0 Å². The summed E-state index contributed by atoms with van der Waals surface area (Å²) in [5, 5.41) is 3.28. The number of nitrogens with one attached hydrogen (secondary N) is 1. The van der Waals surface area contributed by atoms with Crippen molar-refractivity contribution >= 4 is 5.97 Å². The molecule has 98 valence electrons. The lowest BCUT2D eigenvalue weighted by Crippen LogP contribution is -2.40. The van der Waals surface area contributed by atoms with Gasteiger partial charge in [0.25, 0.3) is 0 Å². The molecule has 1 atom stereocenters. The summed E-state index contributed by atoms with van der Waals surface area (Å²) < 4.78 is 5.71. The number of carbonyl (C=O) groups is 1. The summed E-state index contributed by atoms with van der Waals surface area (Å²) in [7, 11) is 2.12. The largest absolute Gasteiger partial charge is 0.462 e. The summed E-state index contributed by atoms with van der Waals surface area (Å²) in [5.74, 6) is 0.0274. The van der Waals surface area contributed by atoms with Gasteiger partial charge in [0.15, 0.2) is 0 Å². The molecule has 2 fully saturated rings. The van der Waals surface area contributed by atoms with E-state index in [1.54, 1.807) is 0 Å². The predicted octanol–water partition coefficient (Wildman–Crippen LogP) is 1.01. The summed E-state index contributed by atoms with van der Waals surface area (Å²) in [4.78, 5) is 14.6. The first-order valence-corrected chi connectivity index (χ1v) is 6.76. The minimum absolute atomic E-state index is 0.0274. The van der Waals surface area contributed by atoms with Gasteiger partial charge >= 0.3 is 5.97 Å². The lowest BCUT2D eigenvalue weighted by Gasteiger charge is -2.32. The molecule has 0 bridgehead atoms. The van der Waals surface area contributed by atoms with Crippen LogP contribution in [0.1, 0.15) is 32.6 Å². The van der Waals surface area contributed by atoms with Crippen molar-refractivity contribution < 1.29 is 9.53 Å². The quantitative estimate of drug-likeness (QED) is 0.748. The summed E-state index contributed by atoms with van der Waals surface area (Å²) in [5.41, 5.74) is -0.247. The highest BCUT2D eigenvalue weighted by molar-refractivity contribution is 5.77. The fraction of sp³-hybridized carbons (Fsp3) is 0.923. The van der Waals surface area contributed by atoms with E-state index in [9.17, 15) is 4.79 Å². The van der Waals surface area contributed by atoms with Crippen LogP contribution in [0.3, 0.4) is 0 Å². The van der Waals surface area contributed by atoms with E-state index in [2.05, 4.69) is 24.2 Å². The molecule has 4 heteroatoms. The maximum Gasteiger partial charge on any atom is 0.313 e. The van der Waals surface area contributed by atoms with E-state index in [1.807, 2.05) is 0 Å². The van der Waals surface area contributed by atoms with Gasteiger partial charge in [-0.2, -0.15) is 0 Å². The first-order valence-electron chi connectivity index (χ1n) is 6.76. The van der Waals surface area contributed by atoms with Gasteiger partial charge in [-0.25, -0.2) is 0 Å². The van der Waals surface area contributed by atoms with Gasteiger partial charge in [-0.15, -0.1) is 0 Å². The van der Waals surface area contributed by atoms with Gasteiger partial charge in [-0.1, -0.05) is 6.92 Å². The van der Waals surface area contributed by atoms with E-state index in [1.165, 1.54) is 0 Å². The fourth-order valence-corrected chi connectivity index (χ4v) is 2.74. The van der Waals surface area contributed by atoms with Crippen LogP contribution in [-0.4, -0.2) is 50.2 Å². The molecule has 0 aromatic heterocycles. The maximum absolute atomic E-state index is 12.3. The highest BCUT2D eigenvalue weighted by atomic mass is 16.5. The Bertz CT molecular complexity index is 267. The minimum atomic E-state index is -0.247. The average Bonchev–Trinajstić information content (AvgIpc) is 2.82. The van der Waals surface area contributed by atoms with Crippen molar-refractivity contribution in [3.8, 4) is 0 Å². The summed E-state index contributed by atoms with van der Waals surface area (Å²) in [6.07, 6.45) is 3.91. The summed E-state index contributed by atoms with van der Waals surface area (Å²) in [6, 6.07) is 0. The van der Waals surface area contributed by atoms with Crippen molar-refractivity contribution in [1.29, 1.82) is 0 Å². The Kier molecular flexibility index (Phi) is 4.05. The number of rotatable bonds is 3. The number of ether oxygens (including phenoxy) is 1. The molecular weight excluding hydrogens is 216 g/mol. The molecule has 0 amide bonds. The molecule has 0 spiro atoms. The number of hydrogen-bond acceptors (Lipinski definition) is 4. The third-order valence-electron chi connectivity index (χ3n) is 4.29. The Morgan fingerprint density at radius 2 is 2.18 bits per heavy atom. The zero-order valence-electron chi connectivity index (χ0n) is 11.0. The Morgan fingerprint density at radius 3 is 2.71 bits per heavy atom. The number of likely N-dealkylation sites (tertiary alicyclic amines) is 1. The normalized spacial score (nSPS) is 31.6. The van der Waals surface area contributed by atoms with Crippen LogP contribution in [0, 0.1) is 5.41 Å². The van der Waals surface area contributed by atoms with Gasteiger partial charge in [0.05, 0.1) is 5.41 Å². The lowest BCUT2D eigenvalue weighted by molar-refractivity contribution is -0.162. The topological polar surface area (TPSA) is 41.6 Å². The van der Waals surface area contributed by atoms with Gasteiger partial charge in [0, 0.05) is 19.6 Å². The van der Waals surface area contributed by atoms with E-state index < -0.39 is 0 Å². The molecule has 2 heterocycles. The molecule has 0 aromatic rings. The highest BCUT2D eigenvalue weighted by Crippen LogP contribution is 2.32. The number of esters is 1. The van der Waals surface area contributed by atoms with E-state index in [0.717, 1.165) is 51.9 Å². The predicted molar refractivity (Wildman–Crippen MR) is 66.8 cm³/mol. The lowest BCUT2D eigenvalue weighted by atomic mass is 9.84. The van der Waals surface area contributed by atoms with Crippen molar-refractivity contribution in [2.24, 2.45) is 5.41 Å². The molecule has 2 aliphatic rings. The van der Waals surface area contributed by atoms with Crippen molar-refractivity contribution in [1.82, 2.24) is 10.2 Å². The van der Waals surface area contributed by atoms with E-state index in [4.69, 9.17) is 4.74 Å².